The summed E-state index contributed by atoms with van der Waals surface area (Å²) >= 11 is 0. The number of nitrogens with one attached hydrogen (secondary N) is 1. The molecule has 0 atom stereocenters. The quantitative estimate of drug-likeness (QED) is 0.740. The molecule has 0 bridgehead atoms. The largest absolute Gasteiger partial charge is 0.478 e. The summed E-state index contributed by atoms with van der Waals surface area (Å²) in [6.45, 7) is -2.36. The van der Waals surface area contributed by atoms with E-state index in [9.17, 15) is 18.0 Å². The molecule has 0 aliphatic heterocycles. The molecule has 3 N–H and O–H groups in total. The maximum atomic E-state index is 13.1. The summed E-state index contributed by atoms with van der Waals surface area (Å²) in [5, 5.41) is 19.1. The van der Waals surface area contributed by atoms with E-state index >= 15 is 0 Å². The Morgan fingerprint density at radius 1 is 1.41 bits per heavy atom. The predicted octanol–water partition coefficient (Wildman–Crippen LogP) is 1.56. The van der Waals surface area contributed by atoms with Crippen molar-refractivity contribution in [2.24, 2.45) is 0 Å². The van der Waals surface area contributed by atoms with Gasteiger partial charge in [0.25, 0.3) is 5.92 Å². The molecule has 4 nitrogen and oxygen atoms in total. The number of hydrogen-bond acceptors (Lipinski definition) is 3. The van der Waals surface area contributed by atoms with E-state index in [0.717, 1.165) is 6.07 Å². The highest BCUT2D eigenvalue weighted by atomic mass is 19.3. The Morgan fingerprint density at radius 2 is 2.06 bits per heavy atom. The first-order valence-electron chi connectivity index (χ1n) is 4.62. The van der Waals surface area contributed by atoms with Gasteiger partial charge in [0, 0.05) is 0 Å². The second-order valence-electron chi connectivity index (χ2n) is 3.34. The smallest absolute Gasteiger partial charge is 0.340 e. The number of aliphatic hydroxyl groups excluding tert-OH is 1. The Morgan fingerprint density at radius 3 is 2.59 bits per heavy atom. The molecule has 0 spiro atoms. The average molecular weight is 249 g/mol. The molecule has 1 aromatic rings. The van der Waals surface area contributed by atoms with Gasteiger partial charge in [-0.1, -0.05) is 6.07 Å². The highest BCUT2D eigenvalue weighted by Gasteiger charge is 2.28. The second-order valence-corrected chi connectivity index (χ2v) is 3.34. The number of anilines is 1. The lowest BCUT2D eigenvalue weighted by Crippen LogP contribution is -2.31. The Labute approximate surface area is 94.7 Å². The van der Waals surface area contributed by atoms with Gasteiger partial charge >= 0.3 is 5.97 Å². The van der Waals surface area contributed by atoms with Crippen LogP contribution >= 0.6 is 0 Å². The molecule has 0 aliphatic rings. The number of carboxylic acids is 1. The van der Waals surface area contributed by atoms with Crippen molar-refractivity contribution in [2.45, 2.75) is 5.92 Å². The number of benzene rings is 1. The Balaban J connectivity index is 2.92. The number of carboxylic acid groups (broad SMARTS) is 1. The van der Waals surface area contributed by atoms with Crippen molar-refractivity contribution in [1.82, 2.24) is 0 Å². The van der Waals surface area contributed by atoms with Crippen molar-refractivity contribution in [3.05, 3.63) is 29.6 Å². The number of alkyl halides is 2. The van der Waals surface area contributed by atoms with E-state index in [-0.39, 0.29) is 5.69 Å². The second kappa shape index (κ2) is 5.05. The van der Waals surface area contributed by atoms with Gasteiger partial charge in [0.1, 0.15) is 18.0 Å². The fourth-order valence-corrected chi connectivity index (χ4v) is 1.17. The minimum atomic E-state index is -3.40. The molecule has 0 aliphatic carbocycles. The molecule has 1 rings (SSSR count). The van der Waals surface area contributed by atoms with Crippen LogP contribution in [0.5, 0.6) is 0 Å². The molecule has 0 fully saturated rings. The Kier molecular flexibility index (Phi) is 3.95. The number of hydrogen-bond donors (Lipinski definition) is 3. The fraction of sp³-hybridized carbons (Fsp3) is 0.300. The standard InChI is InChI=1S/C10H10F3NO3/c11-6-2-1-3-7(8(6)9(16)17)14-4-10(12,13)5-15/h1-3,14-15H,4-5H2,(H,16,17). The number of rotatable bonds is 5. The van der Waals surface area contributed by atoms with Gasteiger partial charge in [-0.25, -0.2) is 18.0 Å². The van der Waals surface area contributed by atoms with Gasteiger partial charge in [-0.15, -0.1) is 0 Å². The summed E-state index contributed by atoms with van der Waals surface area (Å²) in [5.41, 5.74) is -0.966. The first kappa shape index (κ1) is 13.3. The van der Waals surface area contributed by atoms with Crippen LogP contribution in [0, 0.1) is 5.82 Å². The third-order valence-electron chi connectivity index (χ3n) is 2.00. The number of aromatic carboxylic acids is 1. The van der Waals surface area contributed by atoms with Crippen LogP contribution < -0.4 is 5.32 Å². The van der Waals surface area contributed by atoms with Crippen LogP contribution in [0.4, 0.5) is 18.9 Å². The highest BCUT2D eigenvalue weighted by Crippen LogP contribution is 2.21. The zero-order valence-electron chi connectivity index (χ0n) is 8.58. The minimum absolute atomic E-state index is 0.259. The molecule has 0 radical (unpaired) electrons. The maximum absolute atomic E-state index is 13.1. The first-order valence-corrected chi connectivity index (χ1v) is 4.62. The maximum Gasteiger partial charge on any atom is 0.340 e. The molecule has 0 aromatic heterocycles. The van der Waals surface area contributed by atoms with Gasteiger partial charge in [0.2, 0.25) is 0 Å². The normalized spacial score (nSPS) is 11.3. The molecule has 0 unspecified atom stereocenters. The van der Waals surface area contributed by atoms with Gasteiger partial charge < -0.3 is 15.5 Å². The van der Waals surface area contributed by atoms with Crippen molar-refractivity contribution < 1.29 is 28.2 Å². The van der Waals surface area contributed by atoms with Crippen LogP contribution in [0.15, 0.2) is 18.2 Å². The molecule has 0 saturated carbocycles. The van der Waals surface area contributed by atoms with Gasteiger partial charge in [-0.05, 0) is 12.1 Å². The molecule has 0 saturated heterocycles. The minimum Gasteiger partial charge on any atom is -0.478 e. The lowest BCUT2D eigenvalue weighted by atomic mass is 10.1. The van der Waals surface area contributed by atoms with Crippen LogP contribution in [-0.2, 0) is 0 Å². The molecule has 0 amide bonds. The van der Waals surface area contributed by atoms with E-state index in [2.05, 4.69) is 5.32 Å². The summed E-state index contributed by atoms with van der Waals surface area (Å²) in [7, 11) is 0. The van der Waals surface area contributed by atoms with Crippen molar-refractivity contribution in [3.63, 3.8) is 0 Å². The Hall–Kier alpha value is -1.76. The van der Waals surface area contributed by atoms with Crippen LogP contribution in [0.2, 0.25) is 0 Å². The van der Waals surface area contributed by atoms with Gasteiger partial charge in [-0.3, -0.25) is 0 Å². The van der Waals surface area contributed by atoms with E-state index in [1.165, 1.54) is 12.1 Å². The molecular weight excluding hydrogens is 239 g/mol. The lowest BCUT2D eigenvalue weighted by molar-refractivity contribution is -0.0373. The average Bonchev–Trinajstić information content (AvgIpc) is 2.26. The fourth-order valence-electron chi connectivity index (χ4n) is 1.17. The van der Waals surface area contributed by atoms with Crippen molar-refractivity contribution in [1.29, 1.82) is 0 Å². The molecule has 7 heteroatoms. The van der Waals surface area contributed by atoms with Crippen molar-refractivity contribution in [3.8, 4) is 0 Å². The van der Waals surface area contributed by atoms with E-state index in [0.29, 0.717) is 0 Å². The summed E-state index contributed by atoms with van der Waals surface area (Å²) < 4.78 is 38.6. The van der Waals surface area contributed by atoms with Crippen LogP contribution in [-0.4, -0.2) is 35.3 Å². The van der Waals surface area contributed by atoms with E-state index in [4.69, 9.17) is 10.2 Å². The summed E-state index contributed by atoms with van der Waals surface area (Å²) in [4.78, 5) is 10.7. The van der Waals surface area contributed by atoms with Crippen molar-refractivity contribution >= 4 is 11.7 Å². The summed E-state index contributed by atoms with van der Waals surface area (Å²) in [5.74, 6) is -5.98. The predicted molar refractivity (Wildman–Crippen MR) is 53.9 cm³/mol. The monoisotopic (exact) mass is 249 g/mol. The number of aliphatic hydroxyl groups is 1. The Bertz CT molecular complexity index is 423. The van der Waals surface area contributed by atoms with E-state index in [1.807, 2.05) is 0 Å². The van der Waals surface area contributed by atoms with Gasteiger partial charge in [-0.2, -0.15) is 0 Å². The van der Waals surface area contributed by atoms with Gasteiger partial charge in [0.15, 0.2) is 0 Å². The SMILES string of the molecule is O=C(O)c1c(F)cccc1NCC(F)(F)CO. The number of halogens is 3. The summed E-state index contributed by atoms with van der Waals surface area (Å²) in [6.07, 6.45) is 0. The zero-order valence-corrected chi connectivity index (χ0v) is 8.58. The van der Waals surface area contributed by atoms with Gasteiger partial charge in [0.05, 0.1) is 12.2 Å². The number of carbonyl (C=O) groups is 1. The molecule has 94 valence electrons. The van der Waals surface area contributed by atoms with Crippen LogP contribution in [0.3, 0.4) is 0 Å². The topological polar surface area (TPSA) is 69.6 Å². The van der Waals surface area contributed by atoms with Crippen molar-refractivity contribution in [2.75, 3.05) is 18.5 Å². The highest BCUT2D eigenvalue weighted by molar-refractivity contribution is 5.94. The molecular formula is C10H10F3NO3. The first-order chi connectivity index (χ1) is 7.87. The molecule has 0 heterocycles. The molecule has 17 heavy (non-hydrogen) atoms. The van der Waals surface area contributed by atoms with Crippen LogP contribution in [0.1, 0.15) is 10.4 Å². The molecule has 1 aromatic carbocycles. The third-order valence-corrected chi connectivity index (χ3v) is 2.00. The van der Waals surface area contributed by atoms with Crippen LogP contribution in [0.25, 0.3) is 0 Å². The lowest BCUT2D eigenvalue weighted by Gasteiger charge is -2.16. The third kappa shape index (κ3) is 3.35. The summed E-state index contributed by atoms with van der Waals surface area (Å²) in [6, 6.07) is 3.28. The van der Waals surface area contributed by atoms with E-state index in [1.54, 1.807) is 0 Å². The van der Waals surface area contributed by atoms with E-state index < -0.39 is 36.4 Å². The zero-order chi connectivity index (χ0) is 13.1.